The zero-order valence-corrected chi connectivity index (χ0v) is 13.9. The van der Waals surface area contributed by atoms with Crippen LogP contribution < -0.4 is 0 Å². The normalized spacial score (nSPS) is 67.4. The number of carbonyl (C=O) groups is 1. The average Bonchev–Trinajstić information content (AvgIpc) is 3.25. The van der Waals surface area contributed by atoms with E-state index >= 15 is 0 Å². The minimum atomic E-state index is -0.577. The monoisotopic (exact) mass is 318 g/mol. The third-order valence-corrected chi connectivity index (χ3v) is 9.08. The highest BCUT2D eigenvalue weighted by molar-refractivity contribution is 5.77. The third kappa shape index (κ3) is 1.38. The van der Waals surface area contributed by atoms with E-state index in [1.54, 1.807) is 0 Å². The lowest BCUT2D eigenvalue weighted by atomic mass is 9.66. The third-order valence-electron chi connectivity index (χ3n) is 9.08. The van der Waals surface area contributed by atoms with Gasteiger partial charge in [-0.3, -0.25) is 4.79 Å². The molecule has 6 rings (SSSR count). The second kappa shape index (κ2) is 3.96. The standard InChI is InChI=1S/C19H26O4/c1-7-9-4-12-14(17(20)22-15(7)12)11(9)5-10-8-3-13-16(10)23-18(21)19(13,2)6-8/h7-16,18,21H,3-6H2,1-2H3/t7-,8?,9?,10-,11+,12?,13?,14?,15?,16?,18?,19-/m1/s1. The maximum atomic E-state index is 12.4. The van der Waals surface area contributed by atoms with E-state index in [0.717, 1.165) is 12.8 Å². The first-order valence-electron chi connectivity index (χ1n) is 9.53. The Kier molecular flexibility index (Phi) is 2.35. The highest BCUT2D eigenvalue weighted by Gasteiger charge is 2.69. The van der Waals surface area contributed by atoms with Gasteiger partial charge in [0.25, 0.3) is 0 Å². The molecule has 8 unspecified atom stereocenters. The quantitative estimate of drug-likeness (QED) is 0.793. The Bertz CT molecular complexity index is 590. The summed E-state index contributed by atoms with van der Waals surface area (Å²) in [5.41, 5.74) is -0.00874. The Balaban J connectivity index is 1.29. The highest BCUT2D eigenvalue weighted by atomic mass is 16.6. The fourth-order valence-electron chi connectivity index (χ4n) is 8.10. The smallest absolute Gasteiger partial charge is 0.309 e. The van der Waals surface area contributed by atoms with Gasteiger partial charge >= 0.3 is 5.97 Å². The summed E-state index contributed by atoms with van der Waals surface area (Å²) in [5, 5.41) is 10.3. The number of rotatable bonds is 2. The van der Waals surface area contributed by atoms with Gasteiger partial charge in [-0.05, 0) is 61.2 Å². The summed E-state index contributed by atoms with van der Waals surface area (Å²) in [6, 6.07) is 0. The summed E-state index contributed by atoms with van der Waals surface area (Å²) in [7, 11) is 0. The molecule has 0 aromatic heterocycles. The van der Waals surface area contributed by atoms with Gasteiger partial charge in [0.15, 0.2) is 6.29 Å². The molecule has 1 N–H and O–H groups in total. The van der Waals surface area contributed by atoms with Gasteiger partial charge in [-0.1, -0.05) is 13.8 Å². The Hall–Kier alpha value is -0.610. The molecular weight excluding hydrogens is 292 g/mol. The molecule has 6 fully saturated rings. The molecule has 2 saturated heterocycles. The van der Waals surface area contributed by atoms with E-state index in [1.807, 2.05) is 0 Å². The molecule has 0 aromatic rings. The number of carbonyl (C=O) groups excluding carboxylic acids is 1. The number of aliphatic hydroxyl groups is 1. The van der Waals surface area contributed by atoms with E-state index in [9.17, 15) is 9.90 Å². The van der Waals surface area contributed by atoms with Crippen molar-refractivity contribution in [1.82, 2.24) is 0 Å². The molecule has 4 bridgehead atoms. The van der Waals surface area contributed by atoms with Crippen molar-refractivity contribution in [2.45, 2.75) is 58.0 Å². The van der Waals surface area contributed by atoms with Crippen molar-refractivity contribution in [1.29, 1.82) is 0 Å². The molecular formula is C19H26O4. The predicted molar refractivity (Wildman–Crippen MR) is 80.9 cm³/mol. The maximum absolute atomic E-state index is 12.4. The highest BCUT2D eigenvalue weighted by Crippen LogP contribution is 2.68. The van der Waals surface area contributed by atoms with Gasteiger partial charge in [0.1, 0.15) is 6.10 Å². The molecule has 12 atom stereocenters. The molecule has 4 aliphatic carbocycles. The fourth-order valence-corrected chi connectivity index (χ4v) is 8.10. The minimum absolute atomic E-state index is 0.00874. The van der Waals surface area contributed by atoms with Gasteiger partial charge in [-0.15, -0.1) is 0 Å². The van der Waals surface area contributed by atoms with Crippen molar-refractivity contribution in [3.05, 3.63) is 0 Å². The van der Waals surface area contributed by atoms with Crippen LogP contribution in [0.2, 0.25) is 0 Å². The number of hydrogen-bond acceptors (Lipinski definition) is 4. The first-order valence-corrected chi connectivity index (χ1v) is 9.53. The second-order valence-corrected chi connectivity index (χ2v) is 9.68. The summed E-state index contributed by atoms with van der Waals surface area (Å²) >= 11 is 0. The molecule has 0 aromatic carbocycles. The topological polar surface area (TPSA) is 55.8 Å². The Morgan fingerprint density at radius 3 is 2.87 bits per heavy atom. The van der Waals surface area contributed by atoms with E-state index in [-0.39, 0.29) is 29.5 Å². The lowest BCUT2D eigenvalue weighted by Crippen LogP contribution is -2.38. The predicted octanol–water partition coefficient (Wildman–Crippen LogP) is 2.20. The zero-order valence-electron chi connectivity index (χ0n) is 13.9. The maximum Gasteiger partial charge on any atom is 0.309 e. The van der Waals surface area contributed by atoms with E-state index < -0.39 is 6.29 Å². The summed E-state index contributed by atoms with van der Waals surface area (Å²) in [4.78, 5) is 12.4. The average molecular weight is 318 g/mol. The van der Waals surface area contributed by atoms with Gasteiger partial charge in [0.05, 0.1) is 12.0 Å². The minimum Gasteiger partial charge on any atom is -0.462 e. The zero-order chi connectivity index (χ0) is 15.7. The largest absolute Gasteiger partial charge is 0.462 e. The second-order valence-electron chi connectivity index (χ2n) is 9.68. The van der Waals surface area contributed by atoms with Crippen LogP contribution in [0, 0.1) is 52.8 Å². The van der Waals surface area contributed by atoms with Crippen molar-refractivity contribution >= 4 is 5.97 Å². The molecule has 0 amide bonds. The summed E-state index contributed by atoms with van der Waals surface area (Å²) in [6.07, 6.45) is 4.50. The summed E-state index contributed by atoms with van der Waals surface area (Å²) in [6.45, 7) is 4.49. The van der Waals surface area contributed by atoms with Crippen LogP contribution in [0.5, 0.6) is 0 Å². The van der Waals surface area contributed by atoms with Crippen molar-refractivity contribution in [2.24, 2.45) is 52.8 Å². The number of aliphatic hydroxyl groups excluding tert-OH is 1. The van der Waals surface area contributed by atoms with E-state index in [0.29, 0.717) is 41.4 Å². The molecule has 126 valence electrons. The lowest BCUT2D eigenvalue weighted by molar-refractivity contribution is -0.145. The number of fused-ring (bicyclic) bond motifs is 2. The summed E-state index contributed by atoms with van der Waals surface area (Å²) in [5.74, 6) is 4.21. The molecule has 6 aliphatic rings. The fraction of sp³-hybridized carbons (Fsp3) is 0.947. The van der Waals surface area contributed by atoms with Crippen LogP contribution in [0.25, 0.3) is 0 Å². The molecule has 0 radical (unpaired) electrons. The van der Waals surface area contributed by atoms with Gasteiger partial charge in [-0.2, -0.15) is 0 Å². The molecule has 2 aliphatic heterocycles. The van der Waals surface area contributed by atoms with Crippen LogP contribution in [0.3, 0.4) is 0 Å². The molecule has 0 spiro atoms. The van der Waals surface area contributed by atoms with Crippen LogP contribution in [0.1, 0.15) is 39.5 Å². The first kappa shape index (κ1) is 13.7. The van der Waals surface area contributed by atoms with Crippen LogP contribution in [0.15, 0.2) is 0 Å². The summed E-state index contributed by atoms with van der Waals surface area (Å²) < 4.78 is 11.7. The van der Waals surface area contributed by atoms with Gasteiger partial charge in [0, 0.05) is 11.3 Å². The molecule has 4 nitrogen and oxygen atoms in total. The number of hydrogen-bond donors (Lipinski definition) is 1. The van der Waals surface area contributed by atoms with Gasteiger partial charge < -0.3 is 14.6 Å². The van der Waals surface area contributed by atoms with Crippen LogP contribution in [-0.4, -0.2) is 29.6 Å². The van der Waals surface area contributed by atoms with Crippen molar-refractivity contribution in [3.63, 3.8) is 0 Å². The lowest BCUT2D eigenvalue weighted by Gasteiger charge is -2.37. The Morgan fingerprint density at radius 2 is 2.04 bits per heavy atom. The van der Waals surface area contributed by atoms with Gasteiger partial charge in [0.2, 0.25) is 0 Å². The van der Waals surface area contributed by atoms with E-state index in [2.05, 4.69) is 13.8 Å². The van der Waals surface area contributed by atoms with Crippen LogP contribution in [0.4, 0.5) is 0 Å². The molecule has 23 heavy (non-hydrogen) atoms. The van der Waals surface area contributed by atoms with E-state index in [1.165, 1.54) is 12.8 Å². The first-order chi connectivity index (χ1) is 11.0. The number of esters is 1. The van der Waals surface area contributed by atoms with Gasteiger partial charge in [-0.25, -0.2) is 0 Å². The molecule has 4 saturated carbocycles. The van der Waals surface area contributed by atoms with Crippen molar-refractivity contribution in [2.75, 3.05) is 0 Å². The number of ether oxygens (including phenoxy) is 2. The molecule has 2 heterocycles. The van der Waals surface area contributed by atoms with Crippen molar-refractivity contribution < 1.29 is 19.4 Å². The SMILES string of the molecule is C[C@H]1C2OC(=O)C3C2CC1[C@@H]3C[C@@H]1C2CC3C1OC(O)[C@]3(C)C2. The van der Waals surface area contributed by atoms with Crippen LogP contribution in [-0.2, 0) is 14.3 Å². The van der Waals surface area contributed by atoms with Crippen molar-refractivity contribution in [3.8, 4) is 0 Å². The Morgan fingerprint density at radius 1 is 1.22 bits per heavy atom. The van der Waals surface area contributed by atoms with Crippen LogP contribution >= 0.6 is 0 Å². The Labute approximate surface area is 136 Å². The van der Waals surface area contributed by atoms with E-state index in [4.69, 9.17) is 9.47 Å². The molecule has 4 heteroatoms.